The summed E-state index contributed by atoms with van der Waals surface area (Å²) in [7, 11) is 0. The van der Waals surface area contributed by atoms with Gasteiger partial charge in [0.1, 0.15) is 18.1 Å². The second kappa shape index (κ2) is 9.67. The minimum Gasteiger partial charge on any atom is -0.406 e. The van der Waals surface area contributed by atoms with Gasteiger partial charge in [-0.3, -0.25) is 4.79 Å². The van der Waals surface area contributed by atoms with Gasteiger partial charge in [-0.25, -0.2) is 9.97 Å². The lowest BCUT2D eigenvalue weighted by molar-refractivity contribution is -0.274. The van der Waals surface area contributed by atoms with Gasteiger partial charge in [-0.15, -0.1) is 13.2 Å². The second-order valence-corrected chi connectivity index (χ2v) is 6.40. The van der Waals surface area contributed by atoms with Crippen molar-refractivity contribution in [3.63, 3.8) is 0 Å². The highest BCUT2D eigenvalue weighted by Gasteiger charge is 2.31. The smallest absolute Gasteiger partial charge is 0.406 e. The minimum atomic E-state index is -4.92. The summed E-state index contributed by atoms with van der Waals surface area (Å²) in [6, 6.07) is 7.44. The van der Waals surface area contributed by atoms with Gasteiger partial charge in [0.25, 0.3) is 5.91 Å². The molecule has 0 radical (unpaired) electrons. The van der Waals surface area contributed by atoms with Crippen LogP contribution in [-0.4, -0.2) is 32.0 Å². The molecule has 0 spiro atoms. The van der Waals surface area contributed by atoms with E-state index in [-0.39, 0.29) is 24.1 Å². The maximum Gasteiger partial charge on any atom is 0.573 e. The van der Waals surface area contributed by atoms with E-state index in [4.69, 9.17) is 16.9 Å². The van der Waals surface area contributed by atoms with Crippen molar-refractivity contribution in [1.82, 2.24) is 25.1 Å². The fourth-order valence-electron chi connectivity index (χ4n) is 2.53. The molecule has 2 aromatic heterocycles. The van der Waals surface area contributed by atoms with Crippen LogP contribution in [0, 0.1) is 11.3 Å². The zero-order chi connectivity index (χ0) is 21.9. The first-order valence-electron chi connectivity index (χ1n) is 8.30. The molecule has 1 aromatic carbocycles. The van der Waals surface area contributed by atoms with Crippen LogP contribution in [0.5, 0.6) is 5.75 Å². The van der Waals surface area contributed by atoms with E-state index in [1.807, 2.05) is 6.07 Å². The van der Waals surface area contributed by atoms with Gasteiger partial charge in [-0.05, 0) is 37.3 Å². The third-order valence-electron chi connectivity index (χ3n) is 3.77. The molecule has 31 heavy (non-hydrogen) atoms. The number of ether oxygens (including phenoxy) is 1. The van der Waals surface area contributed by atoms with Crippen molar-refractivity contribution >= 4 is 31.0 Å². The van der Waals surface area contributed by atoms with E-state index in [9.17, 15) is 18.0 Å². The highest BCUT2D eigenvalue weighted by atomic mass is 35.5. The van der Waals surface area contributed by atoms with Gasteiger partial charge in [-0.1, -0.05) is 11.6 Å². The number of pyridine rings is 1. The monoisotopic (exact) mass is 470 g/mol. The Labute approximate surface area is 186 Å². The third kappa shape index (κ3) is 6.09. The topological polar surface area (TPSA) is 106 Å². The number of carbonyl (C=O) groups excluding carboxylic acids is 1. The predicted molar refractivity (Wildman–Crippen MR) is 108 cm³/mol. The van der Waals surface area contributed by atoms with Crippen molar-refractivity contribution in [3.05, 3.63) is 64.8 Å². The lowest BCUT2D eigenvalue weighted by atomic mass is 10.2. The lowest BCUT2D eigenvalue weighted by Crippen LogP contribution is -2.29. The molecular weight excluding hydrogens is 457 g/mol. The number of nitriles is 1. The van der Waals surface area contributed by atoms with Crippen molar-refractivity contribution in [2.24, 2.45) is 0 Å². The zero-order valence-electron chi connectivity index (χ0n) is 15.7. The molecule has 1 amide bonds. The normalized spacial score (nSPS) is 11.7. The molecule has 0 aliphatic carbocycles. The minimum absolute atomic E-state index is 0. The van der Waals surface area contributed by atoms with Crippen molar-refractivity contribution in [2.75, 3.05) is 0 Å². The molecule has 2 heterocycles. The summed E-state index contributed by atoms with van der Waals surface area (Å²) in [5, 5.41) is 15.4. The summed E-state index contributed by atoms with van der Waals surface area (Å²) in [4.78, 5) is 20.7. The molecule has 13 heteroatoms. The van der Waals surface area contributed by atoms with Crippen LogP contribution in [0.15, 0.2) is 42.9 Å². The molecule has 0 aliphatic heterocycles. The van der Waals surface area contributed by atoms with E-state index in [2.05, 4.69) is 25.1 Å². The SMILES string of the molecule is C[C@H](NC(=O)c1cc(Cl)cc(OC(F)(F)F)c1)c1ncnn1-c1ccc(C#N)cn1.S. The highest BCUT2D eigenvalue weighted by Crippen LogP contribution is 2.27. The number of benzene rings is 1. The highest BCUT2D eigenvalue weighted by molar-refractivity contribution is 7.59. The molecule has 0 saturated carbocycles. The molecule has 3 aromatic rings. The summed E-state index contributed by atoms with van der Waals surface area (Å²) in [6.07, 6.45) is -2.30. The summed E-state index contributed by atoms with van der Waals surface area (Å²) >= 11 is 5.80. The maximum atomic E-state index is 12.5. The van der Waals surface area contributed by atoms with Crippen LogP contribution in [0.2, 0.25) is 5.02 Å². The van der Waals surface area contributed by atoms with E-state index < -0.39 is 24.1 Å². The van der Waals surface area contributed by atoms with Crippen LogP contribution in [0.4, 0.5) is 13.2 Å². The number of carbonyl (C=O) groups is 1. The fourth-order valence-corrected chi connectivity index (χ4v) is 2.76. The average molecular weight is 471 g/mol. The first kappa shape index (κ1) is 24.0. The molecule has 162 valence electrons. The lowest BCUT2D eigenvalue weighted by Gasteiger charge is -2.15. The van der Waals surface area contributed by atoms with Crippen LogP contribution in [0.1, 0.15) is 34.7 Å². The van der Waals surface area contributed by atoms with Crippen molar-refractivity contribution in [3.8, 4) is 17.6 Å². The Bertz CT molecular complexity index is 1110. The van der Waals surface area contributed by atoms with Crippen molar-refractivity contribution in [1.29, 1.82) is 5.26 Å². The summed E-state index contributed by atoms with van der Waals surface area (Å²) < 4.78 is 42.5. The van der Waals surface area contributed by atoms with Crippen LogP contribution in [0.25, 0.3) is 5.82 Å². The van der Waals surface area contributed by atoms with Crippen LogP contribution < -0.4 is 10.1 Å². The molecule has 0 fully saturated rings. The van der Waals surface area contributed by atoms with E-state index in [1.54, 1.807) is 19.1 Å². The number of rotatable bonds is 5. The zero-order valence-corrected chi connectivity index (χ0v) is 17.4. The number of nitrogens with zero attached hydrogens (tertiary/aromatic N) is 5. The predicted octanol–water partition coefficient (Wildman–Crippen LogP) is 3.69. The van der Waals surface area contributed by atoms with E-state index in [0.29, 0.717) is 17.2 Å². The number of alkyl halides is 3. The van der Waals surface area contributed by atoms with Crippen molar-refractivity contribution in [2.45, 2.75) is 19.3 Å². The molecule has 1 atom stereocenters. The second-order valence-electron chi connectivity index (χ2n) is 5.97. The number of hydrogen-bond acceptors (Lipinski definition) is 6. The van der Waals surface area contributed by atoms with Gasteiger partial charge in [0.2, 0.25) is 0 Å². The van der Waals surface area contributed by atoms with E-state index >= 15 is 0 Å². The first-order valence-corrected chi connectivity index (χ1v) is 8.68. The van der Waals surface area contributed by atoms with Crippen LogP contribution in [-0.2, 0) is 0 Å². The van der Waals surface area contributed by atoms with Gasteiger partial charge in [0.05, 0.1) is 11.6 Å². The van der Waals surface area contributed by atoms with E-state index in [0.717, 1.165) is 12.1 Å². The molecule has 0 saturated heterocycles. The van der Waals surface area contributed by atoms with E-state index in [1.165, 1.54) is 23.3 Å². The molecule has 1 N–H and O–H groups in total. The molecule has 8 nitrogen and oxygen atoms in total. The first-order chi connectivity index (χ1) is 14.2. The van der Waals surface area contributed by atoms with Gasteiger partial charge >= 0.3 is 6.36 Å². The molecular formula is C18H14ClF3N6O2S. The Morgan fingerprint density at radius 1 is 1.29 bits per heavy atom. The van der Waals surface area contributed by atoms with Crippen LogP contribution in [0.3, 0.4) is 0 Å². The summed E-state index contributed by atoms with van der Waals surface area (Å²) in [5.41, 5.74) is 0.232. The van der Waals surface area contributed by atoms with Gasteiger partial charge in [0, 0.05) is 16.8 Å². The molecule has 0 unspecified atom stereocenters. The standard InChI is InChI=1S/C18H12ClF3N6O2.H2S/c1-10(16-25-9-26-28(16)15-3-2-11(7-23)8-24-15)27-17(29)12-4-13(19)6-14(5-12)30-18(20,21)22;/h2-6,8-10H,1H3,(H,27,29);1H2/t10-;/m0./s1. The third-order valence-corrected chi connectivity index (χ3v) is 3.99. The number of aromatic nitrogens is 4. The maximum absolute atomic E-state index is 12.5. The Balaban J connectivity index is 0.00000341. The number of amides is 1. The Morgan fingerprint density at radius 3 is 2.65 bits per heavy atom. The van der Waals surface area contributed by atoms with Crippen molar-refractivity contribution < 1.29 is 22.7 Å². The largest absolute Gasteiger partial charge is 0.573 e. The van der Waals surface area contributed by atoms with Gasteiger partial charge < -0.3 is 10.1 Å². The number of hydrogen-bond donors (Lipinski definition) is 1. The average Bonchev–Trinajstić information content (AvgIpc) is 3.16. The van der Waals surface area contributed by atoms with Gasteiger partial charge in [-0.2, -0.15) is 28.5 Å². The molecule has 0 aliphatic rings. The number of nitrogens with one attached hydrogen (secondary N) is 1. The van der Waals surface area contributed by atoms with Gasteiger partial charge in [0.15, 0.2) is 11.6 Å². The van der Waals surface area contributed by atoms with Crippen LogP contribution >= 0.6 is 25.1 Å². The summed E-state index contributed by atoms with van der Waals surface area (Å²) in [6.45, 7) is 1.61. The number of halogens is 4. The Morgan fingerprint density at radius 2 is 2.03 bits per heavy atom. The molecule has 3 rings (SSSR count). The quantitative estimate of drug-likeness (QED) is 0.609. The fraction of sp³-hybridized carbons (Fsp3) is 0.167. The Hall–Kier alpha value is -3.30. The molecule has 0 bridgehead atoms. The summed E-state index contributed by atoms with van der Waals surface area (Å²) in [5.74, 6) is -0.627. The Kier molecular flexibility index (Phi) is 7.48.